The fraction of sp³-hybridized carbons (Fsp3) is 0.467. The van der Waals surface area contributed by atoms with Crippen molar-refractivity contribution in [3.63, 3.8) is 0 Å². The van der Waals surface area contributed by atoms with Gasteiger partial charge in [0.2, 0.25) is 0 Å². The number of alkyl halides is 1. The molecule has 0 aliphatic heterocycles. The molecule has 0 amide bonds. The molecule has 18 heavy (non-hydrogen) atoms. The highest BCUT2D eigenvalue weighted by Crippen LogP contribution is 2.25. The van der Waals surface area contributed by atoms with E-state index >= 15 is 0 Å². The van der Waals surface area contributed by atoms with Crippen LogP contribution in [0.3, 0.4) is 0 Å². The minimum atomic E-state index is 0.231. The summed E-state index contributed by atoms with van der Waals surface area (Å²) >= 11 is 8.08. The van der Waals surface area contributed by atoms with Crippen LogP contribution in [0, 0.1) is 5.92 Å². The Hall–Kier alpha value is -0.570. The molecule has 98 valence electrons. The fourth-order valence-electron chi connectivity index (χ4n) is 2.13. The summed E-state index contributed by atoms with van der Waals surface area (Å²) in [7, 11) is 0. The quantitative estimate of drug-likeness (QED) is 0.761. The summed E-state index contributed by atoms with van der Waals surface area (Å²) in [5.41, 5.74) is 1.38. The Morgan fingerprint density at radius 2 is 2.06 bits per heavy atom. The van der Waals surface area contributed by atoms with Gasteiger partial charge in [-0.25, -0.2) is 0 Å². The second kappa shape index (κ2) is 6.55. The van der Waals surface area contributed by atoms with E-state index in [2.05, 4.69) is 48.8 Å². The van der Waals surface area contributed by atoms with Gasteiger partial charge in [-0.05, 0) is 34.7 Å². The molecule has 1 aromatic carbocycles. The van der Waals surface area contributed by atoms with Crippen LogP contribution in [0.15, 0.2) is 29.6 Å². The van der Waals surface area contributed by atoms with Gasteiger partial charge < -0.3 is 5.32 Å². The maximum atomic E-state index is 6.27. The number of hydrogen-bond acceptors (Lipinski definition) is 2. The number of fused-ring (bicyclic) bond motifs is 1. The van der Waals surface area contributed by atoms with E-state index in [1.54, 1.807) is 0 Å². The molecule has 1 atom stereocenters. The minimum Gasteiger partial charge on any atom is -0.311 e. The smallest absolute Gasteiger partial charge is 0.0463 e. The molecule has 0 aliphatic rings. The molecule has 3 heteroatoms. The summed E-state index contributed by atoms with van der Waals surface area (Å²) < 4.78 is 1.36. The maximum absolute atomic E-state index is 6.27. The number of rotatable bonds is 6. The van der Waals surface area contributed by atoms with Crippen LogP contribution in [0.25, 0.3) is 10.1 Å². The molecular weight excluding hydrogens is 262 g/mol. The van der Waals surface area contributed by atoms with Crippen LogP contribution in [0.2, 0.25) is 0 Å². The first kappa shape index (κ1) is 13.9. The van der Waals surface area contributed by atoms with Crippen molar-refractivity contribution in [3.8, 4) is 0 Å². The van der Waals surface area contributed by atoms with E-state index in [-0.39, 0.29) is 5.38 Å². The molecule has 0 saturated heterocycles. The second-order valence-corrected chi connectivity index (χ2v) is 6.64. The first-order valence-corrected chi connectivity index (χ1v) is 7.78. The van der Waals surface area contributed by atoms with Gasteiger partial charge in [0.25, 0.3) is 0 Å². The van der Waals surface area contributed by atoms with Crippen LogP contribution in [-0.2, 0) is 6.54 Å². The Morgan fingerprint density at radius 3 is 2.83 bits per heavy atom. The summed E-state index contributed by atoms with van der Waals surface area (Å²) in [5.74, 6) is 0.663. The zero-order chi connectivity index (χ0) is 13.0. The van der Waals surface area contributed by atoms with Gasteiger partial charge in [-0.1, -0.05) is 32.0 Å². The van der Waals surface area contributed by atoms with Crippen LogP contribution < -0.4 is 5.32 Å². The van der Waals surface area contributed by atoms with Gasteiger partial charge in [0.15, 0.2) is 0 Å². The van der Waals surface area contributed by atoms with Crippen molar-refractivity contribution in [2.75, 3.05) is 6.54 Å². The summed E-state index contributed by atoms with van der Waals surface area (Å²) in [6.07, 6.45) is 1.07. The average Bonchev–Trinajstić information content (AvgIpc) is 2.72. The van der Waals surface area contributed by atoms with Gasteiger partial charge in [-0.15, -0.1) is 22.9 Å². The molecule has 1 N–H and O–H groups in total. The van der Waals surface area contributed by atoms with Gasteiger partial charge in [0.05, 0.1) is 0 Å². The normalized spacial score (nSPS) is 13.3. The highest BCUT2D eigenvalue weighted by Gasteiger charge is 2.08. The SMILES string of the molecule is CC(C)CC(Cl)CNCc1csc2ccccc12. The van der Waals surface area contributed by atoms with E-state index < -0.39 is 0 Å². The van der Waals surface area contributed by atoms with Crippen molar-refractivity contribution in [3.05, 3.63) is 35.2 Å². The topological polar surface area (TPSA) is 12.0 Å². The van der Waals surface area contributed by atoms with Gasteiger partial charge in [-0.3, -0.25) is 0 Å². The van der Waals surface area contributed by atoms with E-state index in [4.69, 9.17) is 11.6 Å². The van der Waals surface area contributed by atoms with Crippen molar-refractivity contribution in [1.82, 2.24) is 5.32 Å². The Labute approximate surface area is 118 Å². The molecule has 1 unspecified atom stereocenters. The van der Waals surface area contributed by atoms with Crippen molar-refractivity contribution < 1.29 is 0 Å². The molecule has 1 heterocycles. The molecule has 2 rings (SSSR count). The van der Waals surface area contributed by atoms with Crippen molar-refractivity contribution in [2.24, 2.45) is 5.92 Å². The van der Waals surface area contributed by atoms with Crippen LogP contribution in [0.5, 0.6) is 0 Å². The first-order chi connectivity index (χ1) is 8.66. The summed E-state index contributed by atoms with van der Waals surface area (Å²) in [6, 6.07) is 8.55. The van der Waals surface area contributed by atoms with Gasteiger partial charge in [0, 0.05) is 23.2 Å². The summed E-state index contributed by atoms with van der Waals surface area (Å²) in [6.45, 7) is 6.21. The van der Waals surface area contributed by atoms with E-state index in [1.165, 1.54) is 15.6 Å². The highest BCUT2D eigenvalue weighted by molar-refractivity contribution is 7.17. The predicted octanol–water partition coefficient (Wildman–Crippen LogP) is 4.64. The van der Waals surface area contributed by atoms with Gasteiger partial charge >= 0.3 is 0 Å². The zero-order valence-electron chi connectivity index (χ0n) is 10.9. The van der Waals surface area contributed by atoms with Gasteiger partial charge in [-0.2, -0.15) is 0 Å². The minimum absolute atomic E-state index is 0.231. The van der Waals surface area contributed by atoms with Crippen LogP contribution >= 0.6 is 22.9 Å². The monoisotopic (exact) mass is 281 g/mol. The van der Waals surface area contributed by atoms with Crippen molar-refractivity contribution in [1.29, 1.82) is 0 Å². The summed E-state index contributed by atoms with van der Waals surface area (Å²) in [4.78, 5) is 0. The van der Waals surface area contributed by atoms with Crippen LogP contribution in [0.1, 0.15) is 25.8 Å². The van der Waals surface area contributed by atoms with E-state index in [1.807, 2.05) is 11.3 Å². The van der Waals surface area contributed by atoms with Gasteiger partial charge in [0.1, 0.15) is 0 Å². The van der Waals surface area contributed by atoms with E-state index in [0.29, 0.717) is 5.92 Å². The number of nitrogens with one attached hydrogen (secondary N) is 1. The molecular formula is C15H20ClNS. The largest absolute Gasteiger partial charge is 0.311 e. The maximum Gasteiger partial charge on any atom is 0.0463 e. The number of thiophene rings is 1. The Balaban J connectivity index is 1.87. The second-order valence-electron chi connectivity index (χ2n) is 5.11. The van der Waals surface area contributed by atoms with Crippen LogP contribution in [0.4, 0.5) is 0 Å². The Kier molecular flexibility index (Phi) is 5.04. The lowest BCUT2D eigenvalue weighted by atomic mass is 10.1. The average molecular weight is 282 g/mol. The molecule has 0 bridgehead atoms. The first-order valence-electron chi connectivity index (χ1n) is 6.46. The predicted molar refractivity (Wildman–Crippen MR) is 82.6 cm³/mol. The third-order valence-electron chi connectivity index (χ3n) is 2.97. The number of hydrogen-bond donors (Lipinski definition) is 1. The molecule has 1 aromatic heterocycles. The zero-order valence-corrected chi connectivity index (χ0v) is 12.5. The lowest BCUT2D eigenvalue weighted by Gasteiger charge is -2.12. The molecule has 0 aliphatic carbocycles. The lowest BCUT2D eigenvalue weighted by molar-refractivity contribution is 0.534. The molecule has 2 aromatic rings. The van der Waals surface area contributed by atoms with E-state index in [0.717, 1.165) is 19.5 Å². The third-order valence-corrected chi connectivity index (χ3v) is 4.31. The molecule has 0 fully saturated rings. The lowest BCUT2D eigenvalue weighted by Crippen LogP contribution is -2.23. The van der Waals surface area contributed by atoms with Crippen LogP contribution in [-0.4, -0.2) is 11.9 Å². The Bertz CT molecular complexity index is 492. The fourth-order valence-corrected chi connectivity index (χ4v) is 3.56. The van der Waals surface area contributed by atoms with E-state index in [9.17, 15) is 0 Å². The number of halogens is 1. The molecule has 0 spiro atoms. The molecule has 1 nitrogen and oxygen atoms in total. The highest BCUT2D eigenvalue weighted by atomic mass is 35.5. The Morgan fingerprint density at radius 1 is 1.28 bits per heavy atom. The van der Waals surface area contributed by atoms with Crippen molar-refractivity contribution >= 4 is 33.0 Å². The number of benzene rings is 1. The van der Waals surface area contributed by atoms with Crippen molar-refractivity contribution in [2.45, 2.75) is 32.2 Å². The third kappa shape index (κ3) is 3.71. The standard InChI is InChI=1S/C15H20ClNS/c1-11(2)7-13(16)9-17-8-12-10-18-15-6-4-3-5-14(12)15/h3-6,10-11,13,17H,7-9H2,1-2H3. The summed E-state index contributed by atoms with van der Waals surface area (Å²) in [5, 5.41) is 7.30. The molecule has 0 saturated carbocycles. The molecule has 0 radical (unpaired) electrons.